The summed E-state index contributed by atoms with van der Waals surface area (Å²) in [5.41, 5.74) is 2.66. The second-order valence-electron chi connectivity index (χ2n) is 8.55. The number of benzene rings is 1. The van der Waals surface area contributed by atoms with Crippen LogP contribution in [0.25, 0.3) is 0 Å². The molecule has 3 heterocycles. The lowest BCUT2D eigenvalue weighted by molar-refractivity contribution is 0.249. The lowest BCUT2D eigenvalue weighted by atomic mass is 10.1. The van der Waals surface area contributed by atoms with E-state index in [1.165, 1.54) is 43.5 Å². The standard InChI is InChI=1S/C24H35N5O/c1-25-24(29-14-11-22(18-29)28-12-5-6-13-28)26-16-20-8-3-4-9-21(20)17-27(2)19-23-10-7-15-30-23/h3-4,7-10,15,22H,5-6,11-14,16-19H2,1-2H3,(H,25,26). The van der Waals surface area contributed by atoms with Gasteiger partial charge < -0.3 is 14.6 Å². The van der Waals surface area contributed by atoms with Crippen LogP contribution < -0.4 is 5.32 Å². The fourth-order valence-corrected chi connectivity index (χ4v) is 4.75. The van der Waals surface area contributed by atoms with Crippen LogP contribution in [0, 0.1) is 0 Å². The highest BCUT2D eigenvalue weighted by Gasteiger charge is 2.30. The third kappa shape index (κ3) is 5.24. The number of furan rings is 1. The molecule has 6 heteroatoms. The Balaban J connectivity index is 1.32. The molecule has 2 aromatic rings. The number of nitrogens with zero attached hydrogens (tertiary/aromatic N) is 4. The summed E-state index contributed by atoms with van der Waals surface area (Å²) >= 11 is 0. The number of guanidine groups is 1. The van der Waals surface area contributed by atoms with Gasteiger partial charge >= 0.3 is 0 Å². The van der Waals surface area contributed by atoms with Crippen molar-refractivity contribution in [3.05, 3.63) is 59.5 Å². The number of hydrogen-bond acceptors (Lipinski definition) is 4. The molecule has 1 aromatic heterocycles. The van der Waals surface area contributed by atoms with E-state index in [1.807, 2.05) is 19.2 Å². The average Bonchev–Trinajstić information content (AvgIpc) is 3.52. The van der Waals surface area contributed by atoms with Crippen molar-refractivity contribution in [2.75, 3.05) is 40.3 Å². The second kappa shape index (κ2) is 10.1. The second-order valence-corrected chi connectivity index (χ2v) is 8.55. The molecule has 30 heavy (non-hydrogen) atoms. The summed E-state index contributed by atoms with van der Waals surface area (Å²) < 4.78 is 5.49. The Labute approximate surface area is 180 Å². The van der Waals surface area contributed by atoms with Crippen molar-refractivity contribution in [1.29, 1.82) is 0 Å². The SMILES string of the molecule is CN=C(NCc1ccccc1CN(C)Cc1ccco1)N1CCC(N2CCCC2)C1. The van der Waals surface area contributed by atoms with Gasteiger partial charge in [0, 0.05) is 39.3 Å². The molecule has 0 aliphatic carbocycles. The van der Waals surface area contributed by atoms with E-state index in [-0.39, 0.29) is 0 Å². The fraction of sp³-hybridized carbons (Fsp3) is 0.542. The summed E-state index contributed by atoms with van der Waals surface area (Å²) in [4.78, 5) is 12.0. The van der Waals surface area contributed by atoms with E-state index < -0.39 is 0 Å². The molecule has 2 aliphatic rings. The highest BCUT2D eigenvalue weighted by Crippen LogP contribution is 2.20. The molecule has 2 aliphatic heterocycles. The van der Waals surface area contributed by atoms with Gasteiger partial charge in [0.25, 0.3) is 0 Å². The zero-order valence-corrected chi connectivity index (χ0v) is 18.4. The minimum Gasteiger partial charge on any atom is -0.468 e. The maximum Gasteiger partial charge on any atom is 0.193 e. The van der Waals surface area contributed by atoms with Crippen molar-refractivity contribution in [2.45, 2.75) is 44.9 Å². The summed E-state index contributed by atoms with van der Waals surface area (Å²) in [7, 11) is 4.03. The average molecular weight is 410 g/mol. The first-order valence-electron chi connectivity index (χ1n) is 11.2. The molecule has 1 N–H and O–H groups in total. The molecular weight excluding hydrogens is 374 g/mol. The molecule has 0 amide bonds. The van der Waals surface area contributed by atoms with Crippen LogP contribution in [0.3, 0.4) is 0 Å². The van der Waals surface area contributed by atoms with Crippen LogP contribution in [0.5, 0.6) is 0 Å². The van der Waals surface area contributed by atoms with Crippen LogP contribution in [-0.2, 0) is 19.6 Å². The highest BCUT2D eigenvalue weighted by atomic mass is 16.3. The van der Waals surface area contributed by atoms with E-state index in [1.54, 1.807) is 6.26 Å². The van der Waals surface area contributed by atoms with Gasteiger partial charge in [-0.3, -0.25) is 14.8 Å². The molecule has 4 rings (SSSR count). The van der Waals surface area contributed by atoms with Crippen molar-refractivity contribution in [3.63, 3.8) is 0 Å². The zero-order valence-electron chi connectivity index (χ0n) is 18.4. The minimum absolute atomic E-state index is 0.689. The maximum atomic E-state index is 5.49. The molecule has 162 valence electrons. The van der Waals surface area contributed by atoms with Crippen molar-refractivity contribution in [2.24, 2.45) is 4.99 Å². The molecule has 1 aromatic carbocycles. The number of nitrogens with one attached hydrogen (secondary N) is 1. The number of aliphatic imine (C=N–C) groups is 1. The van der Waals surface area contributed by atoms with Gasteiger partial charge in [-0.2, -0.15) is 0 Å². The first kappa shape index (κ1) is 20.9. The molecule has 1 atom stereocenters. The summed E-state index contributed by atoms with van der Waals surface area (Å²) in [5.74, 6) is 2.02. The molecule has 0 radical (unpaired) electrons. The predicted octanol–water partition coefficient (Wildman–Crippen LogP) is 3.16. The van der Waals surface area contributed by atoms with E-state index in [0.29, 0.717) is 6.04 Å². The molecular formula is C24H35N5O. The molecule has 0 saturated carbocycles. The summed E-state index contributed by atoms with van der Waals surface area (Å²) in [5, 5.41) is 3.62. The van der Waals surface area contributed by atoms with Gasteiger partial charge in [0.1, 0.15) is 5.76 Å². The van der Waals surface area contributed by atoms with Gasteiger partial charge in [-0.05, 0) is 62.7 Å². The first-order valence-corrected chi connectivity index (χ1v) is 11.2. The molecule has 6 nitrogen and oxygen atoms in total. The largest absolute Gasteiger partial charge is 0.468 e. The van der Waals surface area contributed by atoms with Crippen LogP contribution in [0.15, 0.2) is 52.1 Å². The Hall–Kier alpha value is -2.31. The third-order valence-electron chi connectivity index (χ3n) is 6.33. The normalized spacial score (nSPS) is 20.4. The Kier molecular flexibility index (Phi) is 7.07. The topological polar surface area (TPSA) is 47.3 Å². The first-order chi connectivity index (χ1) is 14.7. The Morgan fingerprint density at radius 2 is 1.90 bits per heavy atom. The molecule has 2 saturated heterocycles. The monoisotopic (exact) mass is 409 g/mol. The van der Waals surface area contributed by atoms with Crippen molar-refractivity contribution in [1.82, 2.24) is 20.0 Å². The molecule has 0 bridgehead atoms. The van der Waals surface area contributed by atoms with Gasteiger partial charge in [-0.1, -0.05) is 24.3 Å². The van der Waals surface area contributed by atoms with Crippen LogP contribution in [0.4, 0.5) is 0 Å². The quantitative estimate of drug-likeness (QED) is 0.562. The van der Waals surface area contributed by atoms with Crippen molar-refractivity contribution < 1.29 is 4.42 Å². The van der Waals surface area contributed by atoms with Gasteiger partial charge in [0.05, 0.1) is 12.8 Å². The summed E-state index contributed by atoms with van der Waals surface area (Å²) in [6.07, 6.45) is 5.69. The van der Waals surface area contributed by atoms with Crippen LogP contribution in [0.2, 0.25) is 0 Å². The number of likely N-dealkylation sites (tertiary alicyclic amines) is 2. The van der Waals surface area contributed by atoms with Gasteiger partial charge in [-0.15, -0.1) is 0 Å². The van der Waals surface area contributed by atoms with Crippen LogP contribution in [0.1, 0.15) is 36.1 Å². The minimum atomic E-state index is 0.689. The Bertz CT molecular complexity index is 813. The number of rotatable bonds is 7. The lowest BCUT2D eigenvalue weighted by Crippen LogP contribution is -2.42. The lowest BCUT2D eigenvalue weighted by Gasteiger charge is -2.26. The Morgan fingerprint density at radius 3 is 2.63 bits per heavy atom. The van der Waals surface area contributed by atoms with Gasteiger partial charge in [0.2, 0.25) is 0 Å². The van der Waals surface area contributed by atoms with Crippen LogP contribution in [-0.4, -0.2) is 67.0 Å². The van der Waals surface area contributed by atoms with Gasteiger partial charge in [-0.25, -0.2) is 0 Å². The molecule has 2 fully saturated rings. The molecule has 0 spiro atoms. The van der Waals surface area contributed by atoms with Gasteiger partial charge in [0.15, 0.2) is 5.96 Å². The maximum absolute atomic E-state index is 5.49. The van der Waals surface area contributed by atoms with E-state index in [0.717, 1.165) is 44.4 Å². The van der Waals surface area contributed by atoms with Crippen molar-refractivity contribution >= 4 is 5.96 Å². The van der Waals surface area contributed by atoms with E-state index in [4.69, 9.17) is 4.42 Å². The fourth-order valence-electron chi connectivity index (χ4n) is 4.75. The van der Waals surface area contributed by atoms with E-state index >= 15 is 0 Å². The third-order valence-corrected chi connectivity index (χ3v) is 6.33. The highest BCUT2D eigenvalue weighted by molar-refractivity contribution is 5.80. The van der Waals surface area contributed by atoms with Crippen molar-refractivity contribution in [3.8, 4) is 0 Å². The summed E-state index contributed by atoms with van der Waals surface area (Å²) in [6, 6.07) is 13.3. The Morgan fingerprint density at radius 1 is 1.10 bits per heavy atom. The molecule has 1 unspecified atom stereocenters. The number of hydrogen-bond donors (Lipinski definition) is 1. The van der Waals surface area contributed by atoms with E-state index in [2.05, 4.69) is 56.3 Å². The summed E-state index contributed by atoms with van der Waals surface area (Å²) in [6.45, 7) is 7.21. The van der Waals surface area contributed by atoms with Crippen LogP contribution >= 0.6 is 0 Å². The predicted molar refractivity (Wildman–Crippen MR) is 121 cm³/mol. The smallest absolute Gasteiger partial charge is 0.193 e. The zero-order chi connectivity index (χ0) is 20.8. The van der Waals surface area contributed by atoms with E-state index in [9.17, 15) is 0 Å².